The molecule has 0 atom stereocenters. The molecular weight excluding hydrogens is 687 g/mol. The van der Waals surface area contributed by atoms with Crippen molar-refractivity contribution >= 4 is 43.7 Å². The highest BCUT2D eigenvalue weighted by atomic mass is 16.3. The molecule has 11 rings (SSSR count). The Labute approximate surface area is 322 Å². The van der Waals surface area contributed by atoms with Gasteiger partial charge in [-0.2, -0.15) is 0 Å². The van der Waals surface area contributed by atoms with Crippen molar-refractivity contribution in [1.29, 1.82) is 0 Å². The lowest BCUT2D eigenvalue weighted by Crippen LogP contribution is -2.01. The van der Waals surface area contributed by atoms with Gasteiger partial charge in [-0.1, -0.05) is 146 Å². The Morgan fingerprint density at radius 3 is 1.61 bits per heavy atom. The highest BCUT2D eigenvalue weighted by Crippen LogP contribution is 2.46. The molecule has 6 nitrogen and oxygen atoms in total. The molecule has 0 unspecified atom stereocenters. The lowest BCUT2D eigenvalue weighted by Gasteiger charge is -2.14. The monoisotopic (exact) mass is 717 g/mol. The topological polar surface area (TPSA) is 69.6 Å². The molecule has 0 aliphatic heterocycles. The van der Waals surface area contributed by atoms with Gasteiger partial charge in [-0.05, 0) is 59.0 Å². The van der Waals surface area contributed by atoms with Crippen molar-refractivity contribution < 1.29 is 4.42 Å². The minimum absolute atomic E-state index is 0.577. The van der Waals surface area contributed by atoms with Crippen LogP contribution in [0.25, 0.3) is 106 Å². The Morgan fingerprint density at radius 1 is 0.375 bits per heavy atom. The molecule has 0 bridgehead atoms. The minimum atomic E-state index is 0.577. The van der Waals surface area contributed by atoms with Crippen LogP contribution in [0.1, 0.15) is 0 Å². The lowest BCUT2D eigenvalue weighted by atomic mass is 9.91. The van der Waals surface area contributed by atoms with Gasteiger partial charge in [0.1, 0.15) is 5.52 Å². The van der Waals surface area contributed by atoms with Gasteiger partial charge < -0.3 is 8.98 Å². The summed E-state index contributed by atoms with van der Waals surface area (Å²) in [6, 6.07) is 64.4. The molecule has 262 valence electrons. The zero-order valence-electron chi connectivity index (χ0n) is 30.0. The van der Waals surface area contributed by atoms with Gasteiger partial charge in [0.25, 0.3) is 0 Å². The summed E-state index contributed by atoms with van der Waals surface area (Å²) in [6.45, 7) is 0. The van der Waals surface area contributed by atoms with E-state index in [1.54, 1.807) is 0 Å². The number of hydrogen-bond acceptors (Lipinski definition) is 5. The Balaban J connectivity index is 1.23. The van der Waals surface area contributed by atoms with Crippen molar-refractivity contribution in [3.8, 4) is 62.4 Å². The highest BCUT2D eigenvalue weighted by molar-refractivity contribution is 6.29. The van der Waals surface area contributed by atoms with Crippen LogP contribution in [0, 0.1) is 0 Å². The average Bonchev–Trinajstić information content (AvgIpc) is 3.87. The van der Waals surface area contributed by atoms with Crippen LogP contribution in [0.2, 0.25) is 0 Å². The Bertz CT molecular complexity index is 3170. The summed E-state index contributed by atoms with van der Waals surface area (Å²) in [7, 11) is 0. The molecule has 0 spiro atoms. The molecule has 3 heterocycles. The number of aromatic nitrogens is 5. The van der Waals surface area contributed by atoms with Gasteiger partial charge in [-0.25, -0.2) is 19.9 Å². The number of nitrogens with zero attached hydrogens (tertiary/aromatic N) is 5. The molecule has 0 aliphatic carbocycles. The van der Waals surface area contributed by atoms with Crippen LogP contribution < -0.4 is 0 Å². The number of hydrogen-bond donors (Lipinski definition) is 0. The molecule has 0 saturated carbocycles. The van der Waals surface area contributed by atoms with Crippen LogP contribution in [0.4, 0.5) is 0 Å². The summed E-state index contributed by atoms with van der Waals surface area (Å²) in [5.41, 5.74) is 10.5. The fourth-order valence-corrected chi connectivity index (χ4v) is 7.97. The van der Waals surface area contributed by atoms with Crippen molar-refractivity contribution in [2.45, 2.75) is 0 Å². The third kappa shape index (κ3) is 5.19. The summed E-state index contributed by atoms with van der Waals surface area (Å²) in [4.78, 5) is 20.4. The van der Waals surface area contributed by atoms with Crippen molar-refractivity contribution in [2.24, 2.45) is 0 Å². The van der Waals surface area contributed by atoms with E-state index in [0.29, 0.717) is 23.4 Å². The van der Waals surface area contributed by atoms with Gasteiger partial charge in [0, 0.05) is 44.1 Å². The van der Waals surface area contributed by atoms with Crippen molar-refractivity contribution in [2.75, 3.05) is 0 Å². The van der Waals surface area contributed by atoms with Gasteiger partial charge in [0.05, 0.1) is 11.0 Å². The number of oxazole rings is 1. The lowest BCUT2D eigenvalue weighted by molar-refractivity contribution is 0.623. The molecule has 3 aromatic heterocycles. The van der Waals surface area contributed by atoms with Crippen LogP contribution in [-0.4, -0.2) is 24.5 Å². The first-order chi connectivity index (χ1) is 27.8. The SMILES string of the molecule is c1ccc(-c2nc(-c3ccccc3)nc(-c3ccccc3-c3cc4nc(-c5ccccc5)oc4c4c3ccc3c4c4ccccc4n3-c3ccccc3)n2)cc1. The molecule has 0 saturated heterocycles. The van der Waals surface area contributed by atoms with Crippen molar-refractivity contribution in [3.05, 3.63) is 188 Å². The molecular formula is C50H31N5O. The number of rotatable bonds is 6. The third-order valence-electron chi connectivity index (χ3n) is 10.5. The average molecular weight is 718 g/mol. The second kappa shape index (κ2) is 13.0. The van der Waals surface area contributed by atoms with Crippen LogP contribution in [-0.2, 0) is 0 Å². The standard InChI is InChI=1S/C50H31N5O/c1-5-17-32(18-6-1)47-52-48(33-19-7-2-8-20-33)54-49(53-47)38-26-14-13-25-36(38)40-31-41-46(56-50(51-41)34-21-9-3-10-22-34)45-37(40)29-30-43-44(45)39-27-15-16-28-42(39)55(43)35-23-11-4-12-24-35/h1-31H. The van der Waals surface area contributed by atoms with Crippen molar-refractivity contribution in [3.63, 3.8) is 0 Å². The van der Waals surface area contributed by atoms with E-state index >= 15 is 0 Å². The maximum atomic E-state index is 6.82. The summed E-state index contributed by atoms with van der Waals surface area (Å²) < 4.78 is 9.16. The molecule has 56 heavy (non-hydrogen) atoms. The van der Waals surface area contributed by atoms with Gasteiger partial charge in [0.15, 0.2) is 23.1 Å². The van der Waals surface area contributed by atoms with Gasteiger partial charge in [-0.3, -0.25) is 0 Å². The predicted molar refractivity (Wildman–Crippen MR) is 226 cm³/mol. The number of benzene rings is 8. The normalized spacial score (nSPS) is 11.6. The third-order valence-corrected chi connectivity index (χ3v) is 10.5. The predicted octanol–water partition coefficient (Wildman–Crippen LogP) is 12.6. The van der Waals surface area contributed by atoms with Crippen LogP contribution in [0.5, 0.6) is 0 Å². The molecule has 0 radical (unpaired) electrons. The van der Waals surface area contributed by atoms with Crippen LogP contribution >= 0.6 is 0 Å². The summed E-state index contributed by atoms with van der Waals surface area (Å²) in [6.07, 6.45) is 0. The maximum absolute atomic E-state index is 6.82. The quantitative estimate of drug-likeness (QED) is 0.171. The summed E-state index contributed by atoms with van der Waals surface area (Å²) >= 11 is 0. The van der Waals surface area contributed by atoms with E-state index in [9.17, 15) is 0 Å². The van der Waals surface area contributed by atoms with Gasteiger partial charge in [0.2, 0.25) is 5.89 Å². The van der Waals surface area contributed by atoms with Gasteiger partial charge in [-0.15, -0.1) is 0 Å². The van der Waals surface area contributed by atoms with E-state index in [4.69, 9.17) is 24.4 Å². The fraction of sp³-hybridized carbons (Fsp3) is 0. The second-order valence-corrected chi connectivity index (χ2v) is 13.8. The molecule has 0 amide bonds. The zero-order chi connectivity index (χ0) is 37.0. The zero-order valence-corrected chi connectivity index (χ0v) is 30.0. The number of fused-ring (bicyclic) bond motifs is 7. The van der Waals surface area contributed by atoms with Crippen LogP contribution in [0.3, 0.4) is 0 Å². The highest BCUT2D eigenvalue weighted by Gasteiger charge is 2.24. The summed E-state index contributed by atoms with van der Waals surface area (Å²) in [5.74, 6) is 2.40. The molecule has 6 heteroatoms. The van der Waals surface area contributed by atoms with Crippen molar-refractivity contribution in [1.82, 2.24) is 24.5 Å². The molecule has 0 N–H and O–H groups in total. The van der Waals surface area contributed by atoms with E-state index in [1.165, 1.54) is 0 Å². The minimum Gasteiger partial charge on any atom is -0.435 e. The fourth-order valence-electron chi connectivity index (χ4n) is 7.97. The summed E-state index contributed by atoms with van der Waals surface area (Å²) in [5, 5.41) is 4.31. The smallest absolute Gasteiger partial charge is 0.227 e. The molecule has 0 fully saturated rings. The molecule has 8 aromatic carbocycles. The Morgan fingerprint density at radius 2 is 0.929 bits per heavy atom. The van der Waals surface area contributed by atoms with Gasteiger partial charge >= 0.3 is 0 Å². The first-order valence-corrected chi connectivity index (χ1v) is 18.7. The van der Waals surface area contributed by atoms with E-state index < -0.39 is 0 Å². The molecule has 0 aliphatic rings. The first kappa shape index (κ1) is 31.8. The van der Waals surface area contributed by atoms with E-state index in [2.05, 4.69) is 95.6 Å². The van der Waals surface area contributed by atoms with E-state index in [-0.39, 0.29) is 0 Å². The first-order valence-electron chi connectivity index (χ1n) is 18.7. The maximum Gasteiger partial charge on any atom is 0.227 e. The second-order valence-electron chi connectivity index (χ2n) is 13.8. The Hall–Kier alpha value is -7.70. The largest absolute Gasteiger partial charge is 0.435 e. The number of para-hydroxylation sites is 2. The Kier molecular flexibility index (Phi) is 7.38. The van der Waals surface area contributed by atoms with E-state index in [1.807, 2.05) is 97.1 Å². The van der Waals surface area contributed by atoms with E-state index in [0.717, 1.165) is 82.7 Å². The van der Waals surface area contributed by atoms with Crippen LogP contribution in [0.15, 0.2) is 192 Å². The molecule has 11 aromatic rings.